The number of carbonyl (C=O) groups is 2. The van der Waals surface area contributed by atoms with Crippen LogP contribution in [0.2, 0.25) is 0 Å². The number of carbonyl (C=O) groups excluding carboxylic acids is 2. The van der Waals surface area contributed by atoms with Crippen molar-refractivity contribution in [2.45, 2.75) is 24.9 Å². The van der Waals surface area contributed by atoms with Gasteiger partial charge in [-0.2, -0.15) is 0 Å². The summed E-state index contributed by atoms with van der Waals surface area (Å²) in [6.07, 6.45) is 6.82. The molecule has 1 fully saturated rings. The molecule has 0 unspecified atom stereocenters. The molecule has 0 saturated carbocycles. The van der Waals surface area contributed by atoms with Crippen LogP contribution in [0.15, 0.2) is 55.1 Å². The summed E-state index contributed by atoms with van der Waals surface area (Å²) in [5.74, 6) is -0.0943. The van der Waals surface area contributed by atoms with Gasteiger partial charge < -0.3 is 4.90 Å². The Morgan fingerprint density at radius 3 is 2.43 bits per heavy atom. The van der Waals surface area contributed by atoms with Crippen LogP contribution in [0.1, 0.15) is 18.4 Å². The quantitative estimate of drug-likeness (QED) is 0.629. The second-order valence-electron chi connectivity index (χ2n) is 5.47. The van der Waals surface area contributed by atoms with Gasteiger partial charge in [-0.15, -0.1) is 6.58 Å². The van der Waals surface area contributed by atoms with Crippen LogP contribution in [0.5, 0.6) is 0 Å². The zero-order valence-electron chi connectivity index (χ0n) is 11.9. The number of rotatable bonds is 4. The molecule has 4 heteroatoms. The van der Waals surface area contributed by atoms with Crippen molar-refractivity contribution in [1.29, 1.82) is 0 Å². The Balaban J connectivity index is 1.90. The Morgan fingerprint density at radius 1 is 1.14 bits per heavy atom. The fourth-order valence-electron chi connectivity index (χ4n) is 3.10. The predicted molar refractivity (Wildman–Crippen MR) is 80.4 cm³/mol. The van der Waals surface area contributed by atoms with Gasteiger partial charge in [0.15, 0.2) is 0 Å². The number of hydrogen-bond acceptors (Lipinski definition) is 2. The van der Waals surface area contributed by atoms with Gasteiger partial charge in [0.05, 0.1) is 6.54 Å². The molecule has 108 valence electrons. The molecule has 1 aromatic rings. The third-order valence-corrected chi connectivity index (χ3v) is 4.19. The molecule has 1 saturated heterocycles. The van der Waals surface area contributed by atoms with Crippen molar-refractivity contribution in [1.82, 2.24) is 9.80 Å². The Morgan fingerprint density at radius 2 is 1.81 bits per heavy atom. The maximum atomic E-state index is 12.8. The minimum absolute atomic E-state index is 0.0943. The van der Waals surface area contributed by atoms with Crippen LogP contribution in [0, 0.1) is 0 Å². The third kappa shape index (κ3) is 2.07. The van der Waals surface area contributed by atoms with E-state index < -0.39 is 5.54 Å². The van der Waals surface area contributed by atoms with Crippen molar-refractivity contribution in [2.24, 2.45) is 0 Å². The maximum Gasteiger partial charge on any atom is 0.328 e. The van der Waals surface area contributed by atoms with E-state index in [1.165, 1.54) is 4.90 Å². The van der Waals surface area contributed by atoms with Crippen LogP contribution in [0.4, 0.5) is 4.79 Å². The van der Waals surface area contributed by atoms with Gasteiger partial charge in [0.1, 0.15) is 5.54 Å². The number of urea groups is 1. The largest absolute Gasteiger partial charge is 0.328 e. The fourth-order valence-corrected chi connectivity index (χ4v) is 3.10. The predicted octanol–water partition coefficient (Wildman–Crippen LogP) is 2.73. The van der Waals surface area contributed by atoms with E-state index in [0.717, 1.165) is 5.56 Å². The van der Waals surface area contributed by atoms with E-state index in [2.05, 4.69) is 6.58 Å². The van der Waals surface area contributed by atoms with Crippen molar-refractivity contribution in [3.05, 3.63) is 60.7 Å². The van der Waals surface area contributed by atoms with E-state index in [9.17, 15) is 9.59 Å². The molecule has 0 atom stereocenters. The van der Waals surface area contributed by atoms with Gasteiger partial charge in [-0.1, -0.05) is 48.6 Å². The Kier molecular flexibility index (Phi) is 3.37. The van der Waals surface area contributed by atoms with Crippen molar-refractivity contribution < 1.29 is 9.59 Å². The summed E-state index contributed by atoms with van der Waals surface area (Å²) in [4.78, 5) is 28.5. The standard InChI is InChI=1S/C17H18N2O2/c1-2-12-19-16(21)18(13-14-8-4-3-5-9-14)15(20)17(19)10-6-7-11-17/h2-9H,1,10-13H2. The summed E-state index contributed by atoms with van der Waals surface area (Å²) >= 11 is 0. The monoisotopic (exact) mass is 282 g/mol. The van der Waals surface area contributed by atoms with Gasteiger partial charge >= 0.3 is 6.03 Å². The first kappa shape index (κ1) is 13.6. The van der Waals surface area contributed by atoms with Crippen LogP contribution >= 0.6 is 0 Å². The lowest BCUT2D eigenvalue weighted by atomic mass is 9.94. The van der Waals surface area contributed by atoms with Crippen LogP contribution in [0.3, 0.4) is 0 Å². The maximum absolute atomic E-state index is 12.8. The van der Waals surface area contributed by atoms with Gasteiger partial charge in [-0.25, -0.2) is 4.79 Å². The molecule has 4 nitrogen and oxygen atoms in total. The average molecular weight is 282 g/mol. The summed E-state index contributed by atoms with van der Waals surface area (Å²) < 4.78 is 0. The average Bonchev–Trinajstić information content (AvgIpc) is 3.06. The van der Waals surface area contributed by atoms with E-state index in [1.54, 1.807) is 11.0 Å². The van der Waals surface area contributed by atoms with Crippen LogP contribution < -0.4 is 0 Å². The molecule has 3 amide bonds. The first-order valence-electron chi connectivity index (χ1n) is 7.12. The van der Waals surface area contributed by atoms with Crippen molar-refractivity contribution in [2.75, 3.05) is 6.54 Å². The fraction of sp³-hybridized carbons (Fsp3) is 0.294. The number of amides is 3. The molecule has 0 aromatic heterocycles. The summed E-state index contributed by atoms with van der Waals surface area (Å²) in [5, 5.41) is 0. The number of benzene rings is 1. The highest BCUT2D eigenvalue weighted by Gasteiger charge is 2.56. The highest BCUT2D eigenvalue weighted by Crippen LogP contribution is 2.38. The van der Waals surface area contributed by atoms with Gasteiger partial charge in [0, 0.05) is 6.54 Å². The molecular weight excluding hydrogens is 264 g/mol. The molecule has 3 rings (SSSR count). The molecule has 0 N–H and O–H groups in total. The number of imide groups is 1. The normalized spacial score (nSPS) is 19.8. The number of nitrogens with zero attached hydrogens (tertiary/aromatic N) is 2. The lowest BCUT2D eigenvalue weighted by molar-refractivity contribution is -0.133. The molecule has 1 aliphatic heterocycles. The third-order valence-electron chi connectivity index (χ3n) is 4.19. The lowest BCUT2D eigenvalue weighted by Crippen LogP contribution is -2.47. The highest BCUT2D eigenvalue weighted by molar-refractivity contribution is 6.07. The molecule has 0 bridgehead atoms. The van der Waals surface area contributed by atoms with Gasteiger partial charge in [-0.3, -0.25) is 9.69 Å². The second kappa shape index (κ2) is 5.20. The first-order valence-corrected chi connectivity index (χ1v) is 7.12. The summed E-state index contributed by atoms with van der Waals surface area (Å²) in [5.41, 5.74) is 0.237. The van der Waals surface area contributed by atoms with Crippen LogP contribution in [0.25, 0.3) is 0 Å². The van der Waals surface area contributed by atoms with Gasteiger partial charge in [0.25, 0.3) is 5.91 Å². The molecule has 1 heterocycles. The molecule has 0 radical (unpaired) electrons. The highest BCUT2D eigenvalue weighted by atomic mass is 16.2. The summed E-state index contributed by atoms with van der Waals surface area (Å²) in [7, 11) is 0. The SMILES string of the molecule is C=CCN1C(=O)N(Cc2ccccc2)C(=O)C12CC=CC2. The Hall–Kier alpha value is -2.36. The van der Waals surface area contributed by atoms with Crippen LogP contribution in [-0.2, 0) is 11.3 Å². The van der Waals surface area contributed by atoms with Gasteiger partial charge in [0.2, 0.25) is 0 Å². The molecule has 1 spiro atoms. The van der Waals surface area contributed by atoms with Crippen molar-refractivity contribution in [3.63, 3.8) is 0 Å². The smallest absolute Gasteiger partial charge is 0.305 e. The molecule has 1 aromatic carbocycles. The minimum Gasteiger partial charge on any atom is -0.305 e. The lowest BCUT2D eigenvalue weighted by Gasteiger charge is -2.30. The Labute approximate surface area is 124 Å². The zero-order valence-corrected chi connectivity index (χ0v) is 11.9. The van der Waals surface area contributed by atoms with Crippen molar-refractivity contribution in [3.8, 4) is 0 Å². The first-order chi connectivity index (χ1) is 10.2. The zero-order chi connectivity index (χ0) is 14.9. The summed E-state index contributed by atoms with van der Waals surface area (Å²) in [6, 6.07) is 9.38. The van der Waals surface area contributed by atoms with E-state index in [1.807, 2.05) is 42.5 Å². The summed E-state index contributed by atoms with van der Waals surface area (Å²) in [6.45, 7) is 4.43. The second-order valence-corrected chi connectivity index (χ2v) is 5.47. The molecular formula is C17H18N2O2. The van der Waals surface area contributed by atoms with Crippen molar-refractivity contribution >= 4 is 11.9 Å². The number of hydrogen-bond donors (Lipinski definition) is 0. The van der Waals surface area contributed by atoms with E-state index in [4.69, 9.17) is 0 Å². The minimum atomic E-state index is -0.722. The van der Waals surface area contributed by atoms with E-state index in [0.29, 0.717) is 25.9 Å². The molecule has 21 heavy (non-hydrogen) atoms. The Bertz CT molecular complexity index is 598. The molecule has 2 aliphatic rings. The van der Waals surface area contributed by atoms with Gasteiger partial charge in [-0.05, 0) is 18.4 Å². The van der Waals surface area contributed by atoms with E-state index in [-0.39, 0.29) is 11.9 Å². The van der Waals surface area contributed by atoms with Crippen LogP contribution in [-0.4, -0.2) is 33.8 Å². The molecule has 1 aliphatic carbocycles. The topological polar surface area (TPSA) is 40.6 Å². The van der Waals surface area contributed by atoms with E-state index >= 15 is 0 Å².